The van der Waals surface area contributed by atoms with E-state index in [-0.39, 0.29) is 10.6 Å². The Morgan fingerprint density at radius 3 is 2.72 bits per heavy atom. The normalized spacial score (nSPS) is 16.3. The highest BCUT2D eigenvalue weighted by Crippen LogP contribution is 2.19. The quantitative estimate of drug-likeness (QED) is 0.197. The first-order chi connectivity index (χ1) is 12.2. The lowest BCUT2D eigenvalue weighted by Crippen LogP contribution is -2.38. The summed E-state index contributed by atoms with van der Waals surface area (Å²) < 4.78 is 5.94. The third kappa shape index (κ3) is 7.09. The second-order valence-corrected chi connectivity index (χ2v) is 6.26. The van der Waals surface area contributed by atoms with E-state index < -0.39 is 0 Å². The number of ether oxygens (including phenoxy) is 1. The highest BCUT2D eigenvalue weighted by molar-refractivity contribution is 5.79. The van der Waals surface area contributed by atoms with E-state index in [4.69, 9.17) is 4.74 Å². The highest BCUT2D eigenvalue weighted by atomic mass is 16.6. The fourth-order valence-corrected chi connectivity index (χ4v) is 2.99. The molecule has 0 radical (unpaired) electrons. The summed E-state index contributed by atoms with van der Waals surface area (Å²) in [5.41, 5.74) is 0.936. The molecule has 0 saturated heterocycles. The second-order valence-electron chi connectivity index (χ2n) is 6.26. The summed E-state index contributed by atoms with van der Waals surface area (Å²) in [6.07, 6.45) is 7.91. The number of nitro benzene ring substituents is 1. The molecule has 0 atom stereocenters. The van der Waals surface area contributed by atoms with Crippen LogP contribution in [0.5, 0.6) is 0 Å². The molecule has 0 heterocycles. The van der Waals surface area contributed by atoms with E-state index in [1.807, 2.05) is 6.07 Å². The fraction of sp³-hybridized carbons (Fsp3) is 0.611. The van der Waals surface area contributed by atoms with E-state index in [1.54, 1.807) is 19.2 Å². The van der Waals surface area contributed by atoms with Crippen LogP contribution in [0.1, 0.15) is 44.1 Å². The molecule has 7 nitrogen and oxygen atoms in total. The summed E-state index contributed by atoms with van der Waals surface area (Å²) in [6.45, 7) is 1.82. The molecule has 1 aromatic rings. The summed E-state index contributed by atoms with van der Waals surface area (Å²) in [5, 5.41) is 17.2. The van der Waals surface area contributed by atoms with Crippen molar-refractivity contribution in [1.82, 2.24) is 10.6 Å². The minimum atomic E-state index is -0.387. The molecule has 0 amide bonds. The first-order valence-electron chi connectivity index (χ1n) is 8.98. The Morgan fingerprint density at radius 2 is 2.04 bits per heavy atom. The SMILES string of the molecule is CN=C(NCCOC1CCCCCC1)NCc1cccc([N+](=O)[O-])c1. The van der Waals surface area contributed by atoms with Crippen molar-refractivity contribution in [3.63, 3.8) is 0 Å². The van der Waals surface area contributed by atoms with Gasteiger partial charge in [-0.1, -0.05) is 37.8 Å². The van der Waals surface area contributed by atoms with Crippen LogP contribution in [-0.4, -0.2) is 37.2 Å². The van der Waals surface area contributed by atoms with Gasteiger partial charge in [-0.25, -0.2) is 0 Å². The van der Waals surface area contributed by atoms with Gasteiger partial charge >= 0.3 is 0 Å². The molecule has 0 unspecified atom stereocenters. The van der Waals surface area contributed by atoms with Crippen LogP contribution in [0.3, 0.4) is 0 Å². The fourth-order valence-electron chi connectivity index (χ4n) is 2.99. The Labute approximate surface area is 149 Å². The van der Waals surface area contributed by atoms with Gasteiger partial charge in [0.15, 0.2) is 5.96 Å². The molecule has 0 spiro atoms. The molecule has 1 aliphatic rings. The van der Waals surface area contributed by atoms with E-state index in [9.17, 15) is 10.1 Å². The van der Waals surface area contributed by atoms with Crippen LogP contribution in [0.15, 0.2) is 29.3 Å². The number of rotatable bonds is 7. The van der Waals surface area contributed by atoms with Crippen molar-refractivity contribution in [3.8, 4) is 0 Å². The molecule has 1 aliphatic carbocycles. The number of guanidine groups is 1. The van der Waals surface area contributed by atoms with E-state index >= 15 is 0 Å². The van der Waals surface area contributed by atoms with Crippen LogP contribution < -0.4 is 10.6 Å². The number of non-ortho nitro benzene ring substituents is 1. The zero-order valence-corrected chi connectivity index (χ0v) is 14.9. The van der Waals surface area contributed by atoms with Gasteiger partial charge in [-0.15, -0.1) is 0 Å². The van der Waals surface area contributed by atoms with Crippen molar-refractivity contribution in [1.29, 1.82) is 0 Å². The lowest BCUT2D eigenvalue weighted by molar-refractivity contribution is -0.384. The zero-order chi connectivity index (χ0) is 17.9. The van der Waals surface area contributed by atoms with Gasteiger partial charge in [0, 0.05) is 32.3 Å². The molecule has 0 bridgehead atoms. The van der Waals surface area contributed by atoms with Crippen molar-refractivity contribution >= 4 is 11.6 Å². The van der Waals surface area contributed by atoms with Gasteiger partial charge in [0.2, 0.25) is 0 Å². The summed E-state index contributed by atoms with van der Waals surface area (Å²) in [6, 6.07) is 6.59. The Kier molecular flexibility index (Phi) is 8.18. The van der Waals surface area contributed by atoms with Gasteiger partial charge in [0.1, 0.15) is 0 Å². The average molecular weight is 348 g/mol. The van der Waals surface area contributed by atoms with Gasteiger partial charge < -0.3 is 15.4 Å². The number of nitro groups is 1. The Hall–Kier alpha value is -2.15. The lowest BCUT2D eigenvalue weighted by Gasteiger charge is -2.16. The molecule has 25 heavy (non-hydrogen) atoms. The predicted molar refractivity (Wildman–Crippen MR) is 98.7 cm³/mol. The molecule has 1 fully saturated rings. The highest BCUT2D eigenvalue weighted by Gasteiger charge is 2.12. The molecule has 2 rings (SSSR count). The van der Waals surface area contributed by atoms with Crippen LogP contribution in [-0.2, 0) is 11.3 Å². The van der Waals surface area contributed by atoms with Crippen molar-refractivity contribution in [3.05, 3.63) is 39.9 Å². The summed E-state index contributed by atoms with van der Waals surface area (Å²) in [7, 11) is 1.70. The Balaban J connectivity index is 1.68. The first kappa shape index (κ1) is 19.2. The molecular formula is C18H28N4O3. The molecule has 0 aromatic heterocycles. The lowest BCUT2D eigenvalue weighted by atomic mass is 10.1. The van der Waals surface area contributed by atoms with Crippen molar-refractivity contribution in [2.24, 2.45) is 4.99 Å². The third-order valence-electron chi connectivity index (χ3n) is 4.36. The molecule has 7 heteroatoms. The van der Waals surface area contributed by atoms with E-state index in [2.05, 4.69) is 15.6 Å². The summed E-state index contributed by atoms with van der Waals surface area (Å²) in [5.74, 6) is 0.663. The first-order valence-corrected chi connectivity index (χ1v) is 8.98. The maximum atomic E-state index is 10.8. The molecule has 0 aliphatic heterocycles. The van der Waals surface area contributed by atoms with E-state index in [0.717, 1.165) is 5.56 Å². The smallest absolute Gasteiger partial charge is 0.269 e. The molecule has 1 aromatic carbocycles. The van der Waals surface area contributed by atoms with Crippen LogP contribution in [0.4, 0.5) is 5.69 Å². The largest absolute Gasteiger partial charge is 0.376 e. The van der Waals surface area contributed by atoms with Crippen molar-refractivity contribution in [2.75, 3.05) is 20.2 Å². The molecule has 138 valence electrons. The maximum Gasteiger partial charge on any atom is 0.269 e. The van der Waals surface area contributed by atoms with Crippen LogP contribution >= 0.6 is 0 Å². The third-order valence-corrected chi connectivity index (χ3v) is 4.36. The molecule has 1 saturated carbocycles. The minimum Gasteiger partial charge on any atom is -0.376 e. The van der Waals surface area contributed by atoms with Gasteiger partial charge in [-0.2, -0.15) is 0 Å². The van der Waals surface area contributed by atoms with Gasteiger partial charge in [0.25, 0.3) is 5.69 Å². The second kappa shape index (κ2) is 10.7. The van der Waals surface area contributed by atoms with Gasteiger partial charge in [-0.3, -0.25) is 15.1 Å². The Bertz CT molecular complexity index is 569. The predicted octanol–water partition coefficient (Wildman–Crippen LogP) is 3.00. The molecular weight excluding hydrogens is 320 g/mol. The number of nitrogens with one attached hydrogen (secondary N) is 2. The number of aliphatic imine (C=N–C) groups is 1. The van der Waals surface area contributed by atoms with E-state index in [1.165, 1.54) is 44.6 Å². The van der Waals surface area contributed by atoms with Gasteiger partial charge in [-0.05, 0) is 18.4 Å². The molecule has 2 N–H and O–H groups in total. The zero-order valence-electron chi connectivity index (χ0n) is 14.9. The van der Waals surface area contributed by atoms with Crippen LogP contribution in [0.25, 0.3) is 0 Å². The Morgan fingerprint density at radius 1 is 1.28 bits per heavy atom. The van der Waals surface area contributed by atoms with Crippen LogP contribution in [0, 0.1) is 10.1 Å². The van der Waals surface area contributed by atoms with E-state index in [0.29, 0.717) is 31.8 Å². The summed E-state index contributed by atoms with van der Waals surface area (Å²) in [4.78, 5) is 14.6. The number of hydrogen-bond acceptors (Lipinski definition) is 4. The number of nitrogens with zero attached hydrogens (tertiary/aromatic N) is 2. The topological polar surface area (TPSA) is 88.8 Å². The van der Waals surface area contributed by atoms with Crippen molar-refractivity contribution < 1.29 is 9.66 Å². The minimum absolute atomic E-state index is 0.0963. The monoisotopic (exact) mass is 348 g/mol. The van der Waals surface area contributed by atoms with Crippen LogP contribution in [0.2, 0.25) is 0 Å². The van der Waals surface area contributed by atoms with Gasteiger partial charge in [0.05, 0.1) is 17.6 Å². The summed E-state index contributed by atoms with van der Waals surface area (Å²) >= 11 is 0. The number of benzene rings is 1. The average Bonchev–Trinajstić information content (AvgIpc) is 2.90. The standard InChI is InChI=1S/C18H28N4O3/c1-19-18(20-11-12-25-17-9-4-2-3-5-10-17)21-14-15-7-6-8-16(13-15)22(23)24/h6-8,13,17H,2-5,9-12,14H2,1H3,(H2,19,20,21). The van der Waals surface area contributed by atoms with Crippen molar-refractivity contribution in [2.45, 2.75) is 51.2 Å². The maximum absolute atomic E-state index is 10.8. The number of hydrogen-bond donors (Lipinski definition) is 2.